The molecule has 9 heteroatoms. The average molecular weight is 336 g/mol. The van der Waals surface area contributed by atoms with Gasteiger partial charge in [-0.2, -0.15) is 5.10 Å². The van der Waals surface area contributed by atoms with Gasteiger partial charge in [-0.15, -0.1) is 0 Å². The van der Waals surface area contributed by atoms with E-state index in [1.165, 1.54) is 22.9 Å². The van der Waals surface area contributed by atoms with Crippen LogP contribution in [-0.4, -0.2) is 23.4 Å². The van der Waals surface area contributed by atoms with E-state index in [-0.39, 0.29) is 16.4 Å². The van der Waals surface area contributed by atoms with Gasteiger partial charge < -0.3 is 4.52 Å². The summed E-state index contributed by atoms with van der Waals surface area (Å²) in [6.07, 6.45) is 3.22. The van der Waals surface area contributed by atoms with Crippen LogP contribution in [0.4, 0.5) is 10.2 Å². The van der Waals surface area contributed by atoms with E-state index in [1.807, 2.05) is 6.92 Å². The zero-order valence-corrected chi connectivity index (χ0v) is 13.1. The number of nitrogens with one attached hydrogen (secondary N) is 1. The number of benzene rings is 1. The van der Waals surface area contributed by atoms with E-state index in [4.69, 9.17) is 4.52 Å². The summed E-state index contributed by atoms with van der Waals surface area (Å²) >= 11 is 0. The number of halogens is 1. The Labute approximate surface area is 131 Å². The summed E-state index contributed by atoms with van der Waals surface area (Å²) in [6, 6.07) is 5.01. The third kappa shape index (κ3) is 3.09. The standard InChI is InChI=1S/C14H13FN4O3S/c1-9-7-16-19(8-9)13-4-3-11(6-12(13)15)23(20,21)18-14-5-10(2)22-17-14/h3-8H,1-2H3,(H,17,18). The van der Waals surface area contributed by atoms with Crippen LogP contribution in [0.25, 0.3) is 5.69 Å². The predicted molar refractivity (Wildman–Crippen MR) is 80.3 cm³/mol. The molecule has 0 aliphatic heterocycles. The number of hydrogen-bond donors (Lipinski definition) is 1. The molecule has 3 rings (SSSR count). The lowest BCUT2D eigenvalue weighted by Crippen LogP contribution is -2.14. The van der Waals surface area contributed by atoms with Crippen LogP contribution in [0, 0.1) is 19.7 Å². The molecule has 0 unspecified atom stereocenters. The van der Waals surface area contributed by atoms with Gasteiger partial charge in [-0.3, -0.25) is 4.72 Å². The van der Waals surface area contributed by atoms with E-state index in [2.05, 4.69) is 15.0 Å². The summed E-state index contributed by atoms with van der Waals surface area (Å²) in [6.45, 7) is 3.45. The highest BCUT2D eigenvalue weighted by atomic mass is 32.2. The highest BCUT2D eigenvalue weighted by molar-refractivity contribution is 7.92. The first-order valence-electron chi connectivity index (χ1n) is 6.62. The maximum atomic E-state index is 14.2. The van der Waals surface area contributed by atoms with E-state index in [0.717, 1.165) is 11.6 Å². The molecular formula is C14H13FN4O3S. The third-order valence-corrected chi connectivity index (χ3v) is 4.41. The fraction of sp³-hybridized carbons (Fsp3) is 0.143. The lowest BCUT2D eigenvalue weighted by molar-refractivity contribution is 0.400. The number of aryl methyl sites for hydroxylation is 2. The fourth-order valence-electron chi connectivity index (χ4n) is 2.00. The van der Waals surface area contributed by atoms with Gasteiger partial charge in [0, 0.05) is 12.3 Å². The molecule has 0 radical (unpaired) electrons. The van der Waals surface area contributed by atoms with E-state index >= 15 is 0 Å². The van der Waals surface area contributed by atoms with Crippen LogP contribution in [0.5, 0.6) is 0 Å². The largest absolute Gasteiger partial charge is 0.360 e. The predicted octanol–water partition coefficient (Wildman–Crippen LogP) is 2.42. The summed E-state index contributed by atoms with van der Waals surface area (Å²) in [4.78, 5) is -0.219. The molecule has 3 aromatic rings. The second-order valence-electron chi connectivity index (χ2n) is 5.00. The van der Waals surface area contributed by atoms with Crippen LogP contribution >= 0.6 is 0 Å². The van der Waals surface area contributed by atoms with Crippen LogP contribution in [0.1, 0.15) is 11.3 Å². The molecule has 2 aromatic heterocycles. The van der Waals surface area contributed by atoms with E-state index < -0.39 is 15.8 Å². The Balaban J connectivity index is 1.93. The van der Waals surface area contributed by atoms with Crippen LogP contribution in [0.15, 0.2) is 46.1 Å². The van der Waals surface area contributed by atoms with Gasteiger partial charge >= 0.3 is 0 Å². The first kappa shape index (κ1) is 15.2. The van der Waals surface area contributed by atoms with Crippen molar-refractivity contribution in [3.05, 3.63) is 53.8 Å². The van der Waals surface area contributed by atoms with Crippen molar-refractivity contribution in [3.8, 4) is 5.69 Å². The van der Waals surface area contributed by atoms with Crippen molar-refractivity contribution < 1.29 is 17.3 Å². The normalized spacial score (nSPS) is 11.6. The number of sulfonamides is 1. The smallest absolute Gasteiger partial charge is 0.263 e. The van der Waals surface area contributed by atoms with Crippen molar-refractivity contribution in [2.75, 3.05) is 4.72 Å². The maximum absolute atomic E-state index is 14.2. The van der Waals surface area contributed by atoms with Gasteiger partial charge in [0.2, 0.25) is 0 Å². The summed E-state index contributed by atoms with van der Waals surface area (Å²) < 4.78 is 47.1. The van der Waals surface area contributed by atoms with Crippen molar-refractivity contribution in [1.82, 2.24) is 14.9 Å². The van der Waals surface area contributed by atoms with Crippen molar-refractivity contribution in [2.24, 2.45) is 0 Å². The SMILES string of the molecule is Cc1cnn(-c2ccc(S(=O)(=O)Nc3cc(C)on3)cc2F)c1. The number of anilines is 1. The minimum atomic E-state index is -3.96. The van der Waals surface area contributed by atoms with Crippen molar-refractivity contribution >= 4 is 15.8 Å². The maximum Gasteiger partial charge on any atom is 0.263 e. The van der Waals surface area contributed by atoms with Gasteiger partial charge in [0.25, 0.3) is 10.0 Å². The van der Waals surface area contributed by atoms with Crippen molar-refractivity contribution in [2.45, 2.75) is 18.7 Å². The second-order valence-corrected chi connectivity index (χ2v) is 6.69. The van der Waals surface area contributed by atoms with Gasteiger partial charge in [-0.1, -0.05) is 5.16 Å². The molecule has 1 aromatic carbocycles. The fourth-order valence-corrected chi connectivity index (χ4v) is 2.99. The lowest BCUT2D eigenvalue weighted by Gasteiger charge is -2.08. The molecule has 0 bridgehead atoms. The van der Waals surface area contributed by atoms with Crippen LogP contribution in [-0.2, 0) is 10.0 Å². The number of hydrogen-bond acceptors (Lipinski definition) is 5. The Hall–Kier alpha value is -2.68. The van der Waals surface area contributed by atoms with E-state index in [0.29, 0.717) is 5.76 Å². The molecule has 0 saturated carbocycles. The number of rotatable bonds is 4. The Morgan fingerprint density at radius 2 is 2.04 bits per heavy atom. The molecular weight excluding hydrogens is 323 g/mol. The quantitative estimate of drug-likeness (QED) is 0.790. The second kappa shape index (κ2) is 5.51. The van der Waals surface area contributed by atoms with E-state index in [9.17, 15) is 12.8 Å². The van der Waals surface area contributed by atoms with Gasteiger partial charge in [0.15, 0.2) is 5.82 Å². The van der Waals surface area contributed by atoms with Crippen molar-refractivity contribution in [1.29, 1.82) is 0 Å². The molecule has 0 spiro atoms. The van der Waals surface area contributed by atoms with Crippen LogP contribution in [0.2, 0.25) is 0 Å². The molecule has 0 saturated heterocycles. The highest BCUT2D eigenvalue weighted by Crippen LogP contribution is 2.20. The average Bonchev–Trinajstić information content (AvgIpc) is 3.07. The molecule has 1 N–H and O–H groups in total. The first-order valence-corrected chi connectivity index (χ1v) is 8.11. The van der Waals surface area contributed by atoms with Crippen molar-refractivity contribution in [3.63, 3.8) is 0 Å². The molecule has 0 atom stereocenters. The molecule has 0 aliphatic carbocycles. The summed E-state index contributed by atoms with van der Waals surface area (Å²) in [5.74, 6) is -0.208. The summed E-state index contributed by atoms with van der Waals surface area (Å²) in [5.41, 5.74) is 1.03. The topological polar surface area (TPSA) is 90.0 Å². The zero-order valence-electron chi connectivity index (χ0n) is 12.3. The minimum absolute atomic E-state index is 0.0367. The summed E-state index contributed by atoms with van der Waals surface area (Å²) in [7, 11) is -3.96. The van der Waals surface area contributed by atoms with Crippen LogP contribution in [0.3, 0.4) is 0 Å². The first-order chi connectivity index (χ1) is 10.8. The Morgan fingerprint density at radius 1 is 1.26 bits per heavy atom. The third-order valence-electron chi connectivity index (χ3n) is 3.05. The monoisotopic (exact) mass is 336 g/mol. The zero-order chi connectivity index (χ0) is 16.6. The number of nitrogens with zero attached hydrogens (tertiary/aromatic N) is 3. The van der Waals surface area contributed by atoms with E-state index in [1.54, 1.807) is 19.3 Å². The Kier molecular flexibility index (Phi) is 3.64. The minimum Gasteiger partial charge on any atom is -0.360 e. The summed E-state index contributed by atoms with van der Waals surface area (Å²) in [5, 5.41) is 7.54. The van der Waals surface area contributed by atoms with Gasteiger partial charge in [0.05, 0.1) is 11.1 Å². The highest BCUT2D eigenvalue weighted by Gasteiger charge is 2.19. The molecule has 0 amide bonds. The molecule has 7 nitrogen and oxygen atoms in total. The van der Waals surface area contributed by atoms with Crippen LogP contribution < -0.4 is 4.72 Å². The number of aromatic nitrogens is 3. The molecule has 0 aliphatic rings. The molecule has 0 fully saturated rings. The molecule has 120 valence electrons. The molecule has 23 heavy (non-hydrogen) atoms. The Bertz CT molecular complexity index is 962. The van der Waals surface area contributed by atoms with Gasteiger partial charge in [-0.25, -0.2) is 17.5 Å². The Morgan fingerprint density at radius 3 is 2.61 bits per heavy atom. The van der Waals surface area contributed by atoms with Gasteiger partial charge in [-0.05, 0) is 37.6 Å². The lowest BCUT2D eigenvalue weighted by atomic mass is 10.3. The van der Waals surface area contributed by atoms with Gasteiger partial charge in [0.1, 0.15) is 17.3 Å². The molecule has 2 heterocycles.